The van der Waals surface area contributed by atoms with E-state index in [9.17, 15) is 5.11 Å². The minimum absolute atomic E-state index is 0.0661. The first-order valence-electron chi connectivity index (χ1n) is 17.9. The highest BCUT2D eigenvalue weighted by molar-refractivity contribution is 5.55. The molecule has 2 heterocycles. The smallest absolute Gasteiger partial charge is 0.134 e. The van der Waals surface area contributed by atoms with Crippen LogP contribution in [0.3, 0.4) is 0 Å². The monoisotopic (exact) mass is 610 g/mol. The SMILES string of the molecule is C=C1Oc2cc(CCCCC)cc(O)c2C2C=C(C)CCC12.CCCCCc1cc(C)c2c(c1)OC(C)(C)C1CCC(C)=CC21. The highest BCUT2D eigenvalue weighted by atomic mass is 16.5. The fourth-order valence-corrected chi connectivity index (χ4v) is 8.31. The van der Waals surface area contributed by atoms with Crippen LogP contribution in [-0.2, 0) is 12.8 Å². The predicted octanol–water partition coefficient (Wildman–Crippen LogP) is 11.8. The highest BCUT2D eigenvalue weighted by Gasteiger charge is 2.44. The Morgan fingerprint density at radius 2 is 1.38 bits per heavy atom. The molecule has 2 aromatic rings. The van der Waals surface area contributed by atoms with E-state index in [1.54, 1.807) is 5.57 Å². The van der Waals surface area contributed by atoms with E-state index in [1.807, 2.05) is 6.07 Å². The number of unbranched alkanes of at least 4 members (excludes halogenated alkanes) is 4. The first-order chi connectivity index (χ1) is 21.5. The first kappa shape index (κ1) is 33.4. The third-order valence-corrected chi connectivity index (χ3v) is 10.8. The largest absolute Gasteiger partial charge is 0.507 e. The van der Waals surface area contributed by atoms with Gasteiger partial charge in [0, 0.05) is 34.8 Å². The second-order valence-corrected chi connectivity index (χ2v) is 14.9. The van der Waals surface area contributed by atoms with Gasteiger partial charge in [0.2, 0.25) is 0 Å². The Bertz CT molecular complexity index is 1440. The van der Waals surface area contributed by atoms with Crippen molar-refractivity contribution in [2.45, 2.75) is 143 Å². The van der Waals surface area contributed by atoms with Gasteiger partial charge < -0.3 is 14.6 Å². The van der Waals surface area contributed by atoms with Crippen molar-refractivity contribution in [1.82, 2.24) is 0 Å². The van der Waals surface area contributed by atoms with Crippen LogP contribution >= 0.6 is 0 Å². The molecule has 2 aromatic carbocycles. The third-order valence-electron chi connectivity index (χ3n) is 10.8. The summed E-state index contributed by atoms with van der Waals surface area (Å²) in [7, 11) is 0. The minimum atomic E-state index is -0.0661. The molecule has 3 heteroatoms. The van der Waals surface area contributed by atoms with Gasteiger partial charge in [-0.3, -0.25) is 0 Å². The molecule has 0 aromatic heterocycles. The third kappa shape index (κ3) is 7.39. The lowest BCUT2D eigenvalue weighted by Gasteiger charge is -2.47. The molecular formula is C42H58O3. The van der Waals surface area contributed by atoms with Crippen LogP contribution in [-0.4, -0.2) is 10.7 Å². The van der Waals surface area contributed by atoms with Gasteiger partial charge in [-0.2, -0.15) is 0 Å². The van der Waals surface area contributed by atoms with Gasteiger partial charge >= 0.3 is 0 Å². The van der Waals surface area contributed by atoms with Crippen LogP contribution in [0.5, 0.6) is 17.2 Å². The van der Waals surface area contributed by atoms with E-state index in [1.165, 1.54) is 73.6 Å². The van der Waals surface area contributed by atoms with Crippen molar-refractivity contribution in [2.75, 3.05) is 0 Å². The van der Waals surface area contributed by atoms with Crippen molar-refractivity contribution >= 4 is 0 Å². The van der Waals surface area contributed by atoms with Crippen LogP contribution in [0, 0.1) is 18.8 Å². The number of aryl methyl sites for hydroxylation is 3. The summed E-state index contributed by atoms with van der Waals surface area (Å²) in [6.45, 7) is 19.9. The molecule has 3 nitrogen and oxygen atoms in total. The number of fused-ring (bicyclic) bond motifs is 6. The first-order valence-corrected chi connectivity index (χ1v) is 17.9. The molecule has 2 aliphatic carbocycles. The van der Waals surface area contributed by atoms with Crippen molar-refractivity contribution in [1.29, 1.82) is 0 Å². The summed E-state index contributed by atoms with van der Waals surface area (Å²) in [5.74, 6) is 4.85. The maximum absolute atomic E-state index is 10.6. The number of rotatable bonds is 8. The number of ether oxygens (including phenoxy) is 2. The van der Waals surface area contributed by atoms with Gasteiger partial charge in [0.25, 0.3) is 0 Å². The van der Waals surface area contributed by atoms with E-state index < -0.39 is 0 Å². The Morgan fingerprint density at radius 1 is 0.778 bits per heavy atom. The molecule has 0 amide bonds. The van der Waals surface area contributed by atoms with E-state index in [0.29, 0.717) is 23.5 Å². The van der Waals surface area contributed by atoms with Crippen molar-refractivity contribution in [2.24, 2.45) is 11.8 Å². The summed E-state index contributed by atoms with van der Waals surface area (Å²) in [6.07, 6.45) is 19.0. The van der Waals surface area contributed by atoms with Crippen molar-refractivity contribution < 1.29 is 14.6 Å². The molecular weight excluding hydrogens is 552 g/mol. The number of hydrogen-bond donors (Lipinski definition) is 1. The molecule has 4 unspecified atom stereocenters. The number of phenols is 1. The van der Waals surface area contributed by atoms with Gasteiger partial charge in [0.15, 0.2) is 0 Å². The Hall–Kier alpha value is -2.94. The standard InChI is InChI=1S/C22H32O.C20H26O2/c1-6-7-8-9-17-13-16(3)21-18-12-15(2)10-11-19(18)22(4,5)23-20(21)14-17;1-4-5-6-7-15-11-18(21)20-17-10-13(2)8-9-16(17)14(3)22-19(20)12-15/h12-14,18-19H,6-11H2,1-5H3;10-12,16-17,21H,3-9H2,1-2H3. The Morgan fingerprint density at radius 3 is 2.04 bits per heavy atom. The van der Waals surface area contributed by atoms with Crippen LogP contribution in [0.1, 0.15) is 145 Å². The number of benzene rings is 2. The molecule has 0 saturated carbocycles. The maximum Gasteiger partial charge on any atom is 0.134 e. The fraction of sp³-hybridized carbons (Fsp3) is 0.571. The summed E-state index contributed by atoms with van der Waals surface area (Å²) >= 11 is 0. The predicted molar refractivity (Wildman–Crippen MR) is 189 cm³/mol. The van der Waals surface area contributed by atoms with Crippen LogP contribution in [0.2, 0.25) is 0 Å². The summed E-state index contributed by atoms with van der Waals surface area (Å²) in [5, 5.41) is 10.6. The summed E-state index contributed by atoms with van der Waals surface area (Å²) in [5.41, 5.74) is 9.31. The van der Waals surface area contributed by atoms with E-state index in [4.69, 9.17) is 9.47 Å². The molecule has 0 saturated heterocycles. The second kappa shape index (κ2) is 14.2. The number of aromatic hydroxyl groups is 1. The average molecular weight is 611 g/mol. The number of allylic oxidation sites excluding steroid dienone is 5. The van der Waals surface area contributed by atoms with Crippen LogP contribution in [0.25, 0.3) is 0 Å². The van der Waals surface area contributed by atoms with E-state index in [0.717, 1.165) is 54.1 Å². The molecule has 2 aliphatic heterocycles. The van der Waals surface area contributed by atoms with Crippen molar-refractivity contribution in [3.63, 3.8) is 0 Å². The average Bonchev–Trinajstić information content (AvgIpc) is 2.96. The Kier molecular flexibility index (Phi) is 10.6. The van der Waals surface area contributed by atoms with Crippen molar-refractivity contribution in [3.05, 3.63) is 87.7 Å². The molecule has 244 valence electrons. The van der Waals surface area contributed by atoms with Gasteiger partial charge in [-0.05, 0) is 121 Å². The number of hydrogen-bond acceptors (Lipinski definition) is 3. The van der Waals surface area contributed by atoms with E-state index in [-0.39, 0.29) is 11.5 Å². The topological polar surface area (TPSA) is 38.7 Å². The Labute approximate surface area is 273 Å². The van der Waals surface area contributed by atoms with Gasteiger partial charge in [-0.15, -0.1) is 0 Å². The van der Waals surface area contributed by atoms with E-state index >= 15 is 0 Å². The zero-order valence-corrected chi connectivity index (χ0v) is 29.2. The second-order valence-electron chi connectivity index (χ2n) is 14.9. The lowest BCUT2D eigenvalue weighted by atomic mass is 9.67. The van der Waals surface area contributed by atoms with Crippen LogP contribution in [0.4, 0.5) is 0 Å². The molecule has 0 fully saturated rings. The number of phenolic OH excluding ortho intramolecular Hbond substituents is 1. The normalized spacial score (nSPS) is 24.3. The maximum atomic E-state index is 10.6. The molecule has 0 bridgehead atoms. The lowest BCUT2D eigenvalue weighted by molar-refractivity contribution is 0.0113. The van der Waals surface area contributed by atoms with Gasteiger partial charge in [-0.25, -0.2) is 0 Å². The highest BCUT2D eigenvalue weighted by Crippen LogP contribution is 2.53. The summed E-state index contributed by atoms with van der Waals surface area (Å²) in [4.78, 5) is 0. The molecule has 6 rings (SSSR count). The zero-order valence-electron chi connectivity index (χ0n) is 29.2. The fourth-order valence-electron chi connectivity index (χ4n) is 8.31. The van der Waals surface area contributed by atoms with Crippen LogP contribution in [0.15, 0.2) is 59.9 Å². The van der Waals surface area contributed by atoms with Crippen LogP contribution < -0.4 is 9.47 Å². The van der Waals surface area contributed by atoms with Gasteiger partial charge in [0.1, 0.15) is 28.6 Å². The zero-order chi connectivity index (χ0) is 32.3. The summed E-state index contributed by atoms with van der Waals surface area (Å²) < 4.78 is 12.5. The molecule has 0 radical (unpaired) electrons. The molecule has 0 spiro atoms. The van der Waals surface area contributed by atoms with Gasteiger partial charge in [0.05, 0.1) is 0 Å². The summed E-state index contributed by atoms with van der Waals surface area (Å²) in [6, 6.07) is 8.77. The van der Waals surface area contributed by atoms with Gasteiger partial charge in [-0.1, -0.05) is 75.5 Å². The lowest BCUT2D eigenvalue weighted by Crippen LogP contribution is -2.45. The van der Waals surface area contributed by atoms with E-state index in [2.05, 4.69) is 85.4 Å². The quantitative estimate of drug-likeness (QED) is 0.239. The van der Waals surface area contributed by atoms with Crippen molar-refractivity contribution in [3.8, 4) is 17.2 Å². The molecule has 4 aliphatic rings. The minimum Gasteiger partial charge on any atom is -0.507 e. The molecule has 4 atom stereocenters. The Balaban J connectivity index is 0.000000178. The molecule has 45 heavy (non-hydrogen) atoms. The molecule has 1 N–H and O–H groups in total.